The summed E-state index contributed by atoms with van der Waals surface area (Å²) in [5.41, 5.74) is 1.62. The van der Waals surface area contributed by atoms with Crippen LogP contribution in [0.3, 0.4) is 0 Å². The van der Waals surface area contributed by atoms with Crippen molar-refractivity contribution >= 4 is 34.7 Å². The van der Waals surface area contributed by atoms with Crippen LogP contribution in [0.15, 0.2) is 46.1 Å². The monoisotopic (exact) mass is 478 g/mol. The molecule has 5 heterocycles. The number of ether oxygens (including phenoxy) is 2. The number of benzene rings is 1. The minimum absolute atomic E-state index is 0.0000645. The summed E-state index contributed by atoms with van der Waals surface area (Å²) in [6.07, 6.45) is -2.01. The van der Waals surface area contributed by atoms with Crippen molar-refractivity contribution in [3.8, 4) is 11.5 Å². The van der Waals surface area contributed by atoms with Gasteiger partial charge in [0, 0.05) is 28.9 Å². The summed E-state index contributed by atoms with van der Waals surface area (Å²) >= 11 is 6.84. The largest absolute Gasteiger partial charge is 0.453 e. The molecule has 10 heteroatoms. The Hall–Kier alpha value is -2.46. The van der Waals surface area contributed by atoms with Crippen LogP contribution in [-0.2, 0) is 12.0 Å². The lowest BCUT2D eigenvalue weighted by molar-refractivity contribution is -0.127. The zero-order valence-corrected chi connectivity index (χ0v) is 18.3. The molecular weight excluding hydrogens is 461 g/mol. The van der Waals surface area contributed by atoms with Gasteiger partial charge in [0.05, 0.1) is 16.9 Å². The molecule has 0 N–H and O–H groups in total. The van der Waals surface area contributed by atoms with E-state index in [4.69, 9.17) is 21.7 Å². The van der Waals surface area contributed by atoms with Crippen molar-refractivity contribution in [3.63, 3.8) is 0 Å². The molecule has 0 amide bonds. The fourth-order valence-electron chi connectivity index (χ4n) is 5.13. The lowest BCUT2D eigenvalue weighted by atomic mass is 9.78. The predicted molar refractivity (Wildman–Crippen MR) is 119 cm³/mol. The molecule has 1 aromatic carbocycles. The van der Waals surface area contributed by atoms with Gasteiger partial charge in [-0.2, -0.15) is 13.2 Å². The molecule has 0 bridgehead atoms. The Labute approximate surface area is 190 Å². The number of nitrogens with zero attached hydrogens (tertiary/aromatic N) is 2. The zero-order valence-electron chi connectivity index (χ0n) is 16.6. The van der Waals surface area contributed by atoms with Crippen LogP contribution in [0.2, 0.25) is 0 Å². The second-order valence-corrected chi connectivity index (χ2v) is 9.92. The molecule has 32 heavy (non-hydrogen) atoms. The number of allylic oxidation sites excluding steroid dienone is 1. The second-order valence-electron chi connectivity index (χ2n) is 8.20. The van der Waals surface area contributed by atoms with Crippen molar-refractivity contribution in [2.24, 2.45) is 0 Å². The number of halogens is 3. The third kappa shape index (κ3) is 2.65. The third-order valence-electron chi connectivity index (χ3n) is 6.58. The van der Waals surface area contributed by atoms with E-state index in [0.717, 1.165) is 28.7 Å². The molecule has 0 aliphatic carbocycles. The highest BCUT2D eigenvalue weighted by molar-refractivity contribution is 8.04. The van der Waals surface area contributed by atoms with Gasteiger partial charge in [0.15, 0.2) is 5.75 Å². The number of thioether (sulfide) groups is 1. The summed E-state index contributed by atoms with van der Waals surface area (Å²) in [6.45, 7) is 0.754. The van der Waals surface area contributed by atoms with Crippen LogP contribution >= 0.6 is 24.0 Å². The molecule has 166 valence electrons. The molecule has 4 aliphatic rings. The number of hydrogen-bond donors (Lipinski definition) is 0. The fourth-order valence-corrected chi connectivity index (χ4v) is 6.69. The van der Waals surface area contributed by atoms with Gasteiger partial charge >= 0.3 is 6.18 Å². The van der Waals surface area contributed by atoms with E-state index in [-0.39, 0.29) is 31.1 Å². The maximum Gasteiger partial charge on any atom is 0.401 e. The Morgan fingerprint density at radius 2 is 2.06 bits per heavy atom. The molecule has 1 spiro atoms. The fraction of sp³-hybridized carbons (Fsp3) is 0.364. The van der Waals surface area contributed by atoms with E-state index in [1.165, 1.54) is 0 Å². The van der Waals surface area contributed by atoms with Crippen molar-refractivity contribution < 1.29 is 22.6 Å². The molecule has 5 nitrogen and oxygen atoms in total. The highest BCUT2D eigenvalue weighted by atomic mass is 32.2. The van der Waals surface area contributed by atoms with Crippen LogP contribution < -0.4 is 19.9 Å². The van der Waals surface area contributed by atoms with Crippen molar-refractivity contribution in [3.05, 3.63) is 62.9 Å². The number of aromatic nitrogens is 1. The average Bonchev–Trinajstić information content (AvgIpc) is 3.53. The van der Waals surface area contributed by atoms with E-state index in [1.807, 2.05) is 35.2 Å². The Bertz CT molecular complexity index is 1260. The number of fused-ring (bicyclic) bond motifs is 5. The van der Waals surface area contributed by atoms with Crippen LogP contribution in [-0.4, -0.2) is 34.3 Å². The number of alkyl halides is 3. The second kappa shape index (κ2) is 6.77. The minimum Gasteiger partial charge on any atom is -0.453 e. The minimum atomic E-state index is -4.23. The lowest BCUT2D eigenvalue weighted by Crippen LogP contribution is -2.39. The molecule has 2 atom stereocenters. The summed E-state index contributed by atoms with van der Waals surface area (Å²) in [5.74, 6) is 0.619. The third-order valence-corrected chi connectivity index (χ3v) is 8.50. The molecule has 2 aromatic rings. The van der Waals surface area contributed by atoms with Gasteiger partial charge < -0.3 is 18.9 Å². The van der Waals surface area contributed by atoms with Crippen LogP contribution in [0.1, 0.15) is 24.1 Å². The highest BCUT2D eigenvalue weighted by Crippen LogP contribution is 2.53. The topological polar surface area (TPSA) is 43.7 Å². The van der Waals surface area contributed by atoms with Crippen molar-refractivity contribution in [1.29, 1.82) is 0 Å². The number of hydrogen-bond acceptors (Lipinski definition) is 5. The Kier molecular flexibility index (Phi) is 4.27. The highest BCUT2D eigenvalue weighted by Gasteiger charge is 2.54. The summed E-state index contributed by atoms with van der Waals surface area (Å²) in [6, 6.07) is 9.56. The van der Waals surface area contributed by atoms with Crippen molar-refractivity contribution in [1.82, 2.24) is 4.57 Å². The van der Waals surface area contributed by atoms with Gasteiger partial charge in [-0.25, -0.2) is 0 Å². The summed E-state index contributed by atoms with van der Waals surface area (Å²) in [7, 11) is 0. The van der Waals surface area contributed by atoms with E-state index in [9.17, 15) is 18.0 Å². The first-order valence-electron chi connectivity index (χ1n) is 10.2. The van der Waals surface area contributed by atoms with Gasteiger partial charge in [-0.1, -0.05) is 36.5 Å². The first-order chi connectivity index (χ1) is 15.3. The number of pyridine rings is 1. The first-order valence-corrected chi connectivity index (χ1v) is 11.5. The predicted octanol–water partition coefficient (Wildman–Crippen LogP) is 4.37. The molecule has 4 aliphatic heterocycles. The summed E-state index contributed by atoms with van der Waals surface area (Å²) < 4.78 is 52.0. The Morgan fingerprint density at radius 3 is 2.84 bits per heavy atom. The van der Waals surface area contributed by atoms with Gasteiger partial charge in [-0.05, 0) is 24.5 Å². The van der Waals surface area contributed by atoms with E-state index in [0.29, 0.717) is 28.6 Å². The number of para-hydroxylation sites is 1. The summed E-state index contributed by atoms with van der Waals surface area (Å²) in [5, 5.41) is -1.41. The lowest BCUT2D eigenvalue weighted by Gasteiger charge is -2.28. The normalized spacial score (nSPS) is 25.5. The van der Waals surface area contributed by atoms with E-state index in [1.54, 1.807) is 10.6 Å². The molecule has 0 saturated heterocycles. The maximum atomic E-state index is 13.2. The molecule has 6 rings (SSSR count). The molecule has 2 unspecified atom stereocenters. The molecule has 0 fully saturated rings. The van der Waals surface area contributed by atoms with Crippen molar-refractivity contribution in [2.75, 3.05) is 18.2 Å². The molecular formula is C22H17F3N2O3S2. The number of anilines is 1. The first kappa shape index (κ1) is 20.2. The molecule has 1 aromatic heterocycles. The van der Waals surface area contributed by atoms with Crippen LogP contribution in [0, 0.1) is 0 Å². The van der Waals surface area contributed by atoms with E-state index < -0.39 is 16.8 Å². The van der Waals surface area contributed by atoms with E-state index >= 15 is 0 Å². The standard InChI is InChI=1S/C22H17F3N2O3S2/c23-22(24,25)17-6-5-12(32-17)10-27-14-4-2-1-3-13(14)21(20(27)31)7-8-26-16(21)9-15-18(19(26)28)30-11-29-15/h1-5,9,17H,6-8,10-11H2. The van der Waals surface area contributed by atoms with E-state index in [2.05, 4.69) is 0 Å². The van der Waals surface area contributed by atoms with Gasteiger partial charge in [0.25, 0.3) is 5.56 Å². The Balaban J connectivity index is 1.42. The molecule has 0 radical (unpaired) electrons. The van der Waals surface area contributed by atoms with Crippen LogP contribution in [0.5, 0.6) is 11.5 Å². The average molecular weight is 479 g/mol. The van der Waals surface area contributed by atoms with Gasteiger partial charge in [-0.15, -0.1) is 11.8 Å². The smallest absolute Gasteiger partial charge is 0.401 e. The van der Waals surface area contributed by atoms with Gasteiger partial charge in [-0.3, -0.25) is 4.79 Å². The quantitative estimate of drug-likeness (QED) is 0.598. The van der Waals surface area contributed by atoms with Gasteiger partial charge in [0.1, 0.15) is 5.25 Å². The van der Waals surface area contributed by atoms with Gasteiger partial charge in [0.2, 0.25) is 12.5 Å². The van der Waals surface area contributed by atoms with Crippen LogP contribution in [0.4, 0.5) is 18.9 Å². The Morgan fingerprint density at radius 1 is 1.25 bits per heavy atom. The summed E-state index contributed by atoms with van der Waals surface area (Å²) in [4.78, 5) is 16.2. The maximum absolute atomic E-state index is 13.2. The zero-order chi connectivity index (χ0) is 22.3. The SMILES string of the molecule is O=c1c2c(cc3n1CCC31C(=S)N(CC3=CCC(C(F)(F)F)S3)c3ccccc31)OCO2. The number of rotatable bonds is 2. The molecule has 0 saturated carbocycles. The van der Waals surface area contributed by atoms with Crippen LogP contribution in [0.25, 0.3) is 0 Å². The number of thiocarbonyl (C=S) groups is 1. The van der Waals surface area contributed by atoms with Crippen molar-refractivity contribution in [2.45, 2.75) is 36.2 Å².